The molecule has 114 valence electrons. The number of nitrogens with one attached hydrogen (secondary N) is 2. The number of thiophene rings is 1. The monoisotopic (exact) mass is 316 g/mol. The van der Waals surface area contributed by atoms with Gasteiger partial charge in [-0.2, -0.15) is 0 Å². The van der Waals surface area contributed by atoms with Crippen LogP contribution in [0.5, 0.6) is 0 Å². The van der Waals surface area contributed by atoms with Crippen molar-refractivity contribution in [1.82, 2.24) is 10.0 Å². The first kappa shape index (κ1) is 15.9. The Bertz CT molecular complexity index is 525. The molecule has 0 aromatic carbocycles. The van der Waals surface area contributed by atoms with Crippen LogP contribution in [0.25, 0.3) is 0 Å². The summed E-state index contributed by atoms with van der Waals surface area (Å²) in [5, 5.41) is 4.95. The van der Waals surface area contributed by atoms with Gasteiger partial charge in [-0.1, -0.05) is 26.7 Å². The van der Waals surface area contributed by atoms with Crippen LogP contribution < -0.4 is 10.0 Å². The average Bonchev–Trinajstić information content (AvgIpc) is 2.85. The molecule has 1 heterocycles. The maximum atomic E-state index is 12.4. The highest BCUT2D eigenvalue weighted by Gasteiger charge is 2.25. The molecule has 4 nitrogen and oxygen atoms in total. The molecule has 1 aromatic heterocycles. The van der Waals surface area contributed by atoms with Gasteiger partial charge in [-0.15, -0.1) is 11.3 Å². The number of sulfonamides is 1. The van der Waals surface area contributed by atoms with Crippen LogP contribution in [0.15, 0.2) is 16.3 Å². The molecule has 2 rings (SSSR count). The molecule has 2 atom stereocenters. The van der Waals surface area contributed by atoms with Crippen LogP contribution in [0.2, 0.25) is 0 Å². The first-order valence-electron chi connectivity index (χ1n) is 7.31. The Morgan fingerprint density at radius 1 is 1.40 bits per heavy atom. The van der Waals surface area contributed by atoms with Crippen molar-refractivity contribution in [2.75, 3.05) is 6.54 Å². The highest BCUT2D eigenvalue weighted by molar-refractivity contribution is 7.89. The second-order valence-corrected chi connectivity index (χ2v) is 8.33. The Hall–Kier alpha value is -0.430. The average molecular weight is 316 g/mol. The number of rotatable bonds is 6. The first-order valence-corrected chi connectivity index (χ1v) is 9.68. The van der Waals surface area contributed by atoms with E-state index in [9.17, 15) is 8.42 Å². The van der Waals surface area contributed by atoms with Gasteiger partial charge in [0.2, 0.25) is 10.0 Å². The molecule has 1 saturated carbocycles. The zero-order valence-corrected chi connectivity index (χ0v) is 13.8. The van der Waals surface area contributed by atoms with Gasteiger partial charge in [-0.25, -0.2) is 13.1 Å². The summed E-state index contributed by atoms with van der Waals surface area (Å²) in [6.45, 7) is 5.85. The lowest BCUT2D eigenvalue weighted by Gasteiger charge is -2.27. The molecule has 0 spiro atoms. The van der Waals surface area contributed by atoms with Gasteiger partial charge in [-0.05, 0) is 31.4 Å². The minimum absolute atomic E-state index is 0.0980. The molecule has 1 aliphatic rings. The van der Waals surface area contributed by atoms with E-state index in [0.29, 0.717) is 10.8 Å². The maximum Gasteiger partial charge on any atom is 0.241 e. The molecule has 0 aliphatic heterocycles. The molecule has 2 unspecified atom stereocenters. The van der Waals surface area contributed by atoms with E-state index < -0.39 is 10.0 Å². The van der Waals surface area contributed by atoms with Crippen LogP contribution in [0.4, 0.5) is 0 Å². The SMILES string of the molecule is CCNCc1cc(S(=O)(=O)NC2CCCC(C)C2)cs1. The van der Waals surface area contributed by atoms with E-state index in [1.807, 2.05) is 6.92 Å². The summed E-state index contributed by atoms with van der Waals surface area (Å²) in [7, 11) is -3.35. The third-order valence-electron chi connectivity index (χ3n) is 3.75. The van der Waals surface area contributed by atoms with Crippen molar-refractivity contribution >= 4 is 21.4 Å². The van der Waals surface area contributed by atoms with Crippen LogP contribution in [0, 0.1) is 5.92 Å². The fraction of sp³-hybridized carbons (Fsp3) is 0.714. The molecule has 0 amide bonds. The Morgan fingerprint density at radius 3 is 2.90 bits per heavy atom. The lowest BCUT2D eigenvalue weighted by molar-refractivity contribution is 0.327. The predicted molar refractivity (Wildman–Crippen MR) is 83.4 cm³/mol. The second kappa shape index (κ2) is 7.02. The molecule has 1 fully saturated rings. The van der Waals surface area contributed by atoms with Gasteiger partial charge in [-0.3, -0.25) is 0 Å². The van der Waals surface area contributed by atoms with Crippen molar-refractivity contribution < 1.29 is 8.42 Å². The van der Waals surface area contributed by atoms with Crippen LogP contribution in [0.1, 0.15) is 44.4 Å². The van der Waals surface area contributed by atoms with Crippen LogP contribution in [-0.2, 0) is 16.6 Å². The zero-order valence-electron chi connectivity index (χ0n) is 12.2. The van der Waals surface area contributed by atoms with Gasteiger partial charge in [0.25, 0.3) is 0 Å². The van der Waals surface area contributed by atoms with Gasteiger partial charge >= 0.3 is 0 Å². The topological polar surface area (TPSA) is 58.2 Å². The van der Waals surface area contributed by atoms with Crippen molar-refractivity contribution in [1.29, 1.82) is 0 Å². The highest BCUT2D eigenvalue weighted by atomic mass is 32.2. The standard InChI is InChI=1S/C14H24N2O2S2/c1-3-15-9-13-8-14(10-19-13)20(17,18)16-12-6-4-5-11(2)7-12/h8,10-12,15-16H,3-7,9H2,1-2H3. The summed E-state index contributed by atoms with van der Waals surface area (Å²) >= 11 is 1.50. The molecule has 0 radical (unpaired) electrons. The van der Waals surface area contributed by atoms with E-state index in [-0.39, 0.29) is 6.04 Å². The number of hydrogen-bond acceptors (Lipinski definition) is 4. The van der Waals surface area contributed by atoms with Crippen LogP contribution >= 0.6 is 11.3 Å². The molecule has 1 aromatic rings. The Morgan fingerprint density at radius 2 is 2.20 bits per heavy atom. The summed E-state index contributed by atoms with van der Waals surface area (Å²) in [6.07, 6.45) is 4.23. The fourth-order valence-corrected chi connectivity index (χ4v) is 5.20. The summed E-state index contributed by atoms with van der Waals surface area (Å²) in [5.41, 5.74) is 0. The van der Waals surface area contributed by atoms with Gasteiger partial charge in [0, 0.05) is 22.8 Å². The van der Waals surface area contributed by atoms with Gasteiger partial charge in [0.1, 0.15) is 0 Å². The normalized spacial score (nSPS) is 23.9. The van der Waals surface area contributed by atoms with Crippen molar-refractivity contribution in [2.45, 2.75) is 57.0 Å². The summed E-state index contributed by atoms with van der Waals surface area (Å²) in [4.78, 5) is 1.47. The molecule has 6 heteroatoms. The fourth-order valence-electron chi connectivity index (χ4n) is 2.67. The van der Waals surface area contributed by atoms with E-state index in [0.717, 1.165) is 37.2 Å². The lowest BCUT2D eigenvalue weighted by atomic mass is 9.88. The molecule has 0 saturated heterocycles. The smallest absolute Gasteiger partial charge is 0.241 e. The first-order chi connectivity index (χ1) is 9.51. The summed E-state index contributed by atoms with van der Waals surface area (Å²) in [5.74, 6) is 0.614. The van der Waals surface area contributed by atoms with E-state index in [2.05, 4.69) is 17.0 Å². The minimum atomic E-state index is -3.35. The van der Waals surface area contributed by atoms with E-state index in [4.69, 9.17) is 0 Å². The molecule has 1 aliphatic carbocycles. The Kier molecular flexibility index (Phi) is 5.60. The van der Waals surface area contributed by atoms with Crippen molar-refractivity contribution in [3.8, 4) is 0 Å². The largest absolute Gasteiger partial charge is 0.312 e. The van der Waals surface area contributed by atoms with Gasteiger partial charge < -0.3 is 5.32 Å². The van der Waals surface area contributed by atoms with Gasteiger partial charge in [0.15, 0.2) is 0 Å². The lowest BCUT2D eigenvalue weighted by Crippen LogP contribution is -2.37. The van der Waals surface area contributed by atoms with Crippen molar-refractivity contribution in [3.05, 3.63) is 16.3 Å². The third-order valence-corrected chi connectivity index (χ3v) is 6.33. The summed E-state index contributed by atoms with van der Waals surface area (Å²) < 4.78 is 27.6. The predicted octanol–water partition coefficient (Wildman–Crippen LogP) is 2.71. The molecule has 0 bridgehead atoms. The second-order valence-electron chi connectivity index (χ2n) is 5.62. The quantitative estimate of drug-likeness (QED) is 0.848. The Labute approximate surface area is 126 Å². The Balaban J connectivity index is 2.00. The third kappa shape index (κ3) is 4.28. The number of hydrogen-bond donors (Lipinski definition) is 2. The van der Waals surface area contributed by atoms with E-state index in [1.54, 1.807) is 11.4 Å². The molecule has 20 heavy (non-hydrogen) atoms. The van der Waals surface area contributed by atoms with Crippen LogP contribution in [-0.4, -0.2) is 21.0 Å². The van der Waals surface area contributed by atoms with Crippen LogP contribution in [0.3, 0.4) is 0 Å². The molecular formula is C14H24N2O2S2. The summed E-state index contributed by atoms with van der Waals surface area (Å²) in [6, 6.07) is 1.88. The van der Waals surface area contributed by atoms with E-state index >= 15 is 0 Å². The zero-order chi connectivity index (χ0) is 14.6. The van der Waals surface area contributed by atoms with Crippen molar-refractivity contribution in [2.24, 2.45) is 5.92 Å². The maximum absolute atomic E-state index is 12.4. The molecule has 2 N–H and O–H groups in total. The van der Waals surface area contributed by atoms with E-state index in [1.165, 1.54) is 17.8 Å². The van der Waals surface area contributed by atoms with Gasteiger partial charge in [0.05, 0.1) is 4.90 Å². The van der Waals surface area contributed by atoms with Crippen molar-refractivity contribution in [3.63, 3.8) is 0 Å². The minimum Gasteiger partial charge on any atom is -0.312 e. The highest BCUT2D eigenvalue weighted by Crippen LogP contribution is 2.26. The molecular weight excluding hydrogens is 292 g/mol.